The van der Waals surface area contributed by atoms with Crippen molar-refractivity contribution in [1.82, 2.24) is 10.2 Å². The molecule has 0 bridgehead atoms. The van der Waals surface area contributed by atoms with Gasteiger partial charge in [0.1, 0.15) is 0 Å². The van der Waals surface area contributed by atoms with Crippen LogP contribution in [0.1, 0.15) is 0 Å². The Balaban J connectivity index is 2.33. The number of allylic oxidation sites excluding steroid dienone is 5. The van der Waals surface area contributed by atoms with Crippen LogP contribution in [0.15, 0.2) is 35.8 Å². The van der Waals surface area contributed by atoms with Crippen LogP contribution in [0.2, 0.25) is 0 Å². The van der Waals surface area contributed by atoms with E-state index in [0.717, 1.165) is 18.7 Å². The largest absolute Gasteiger partial charge is 0.494 e. The summed E-state index contributed by atoms with van der Waals surface area (Å²) in [4.78, 5) is 2.06. The Bertz CT molecular complexity index is 238. The second kappa shape index (κ2) is 4.72. The molecule has 0 aromatic heterocycles. The van der Waals surface area contributed by atoms with Gasteiger partial charge in [-0.05, 0) is 26.2 Å². The van der Waals surface area contributed by atoms with Crippen LogP contribution >= 0.6 is 0 Å². The lowest BCUT2D eigenvalue weighted by Gasteiger charge is -2.11. The van der Waals surface area contributed by atoms with Gasteiger partial charge in [0.2, 0.25) is 0 Å². The minimum Gasteiger partial charge on any atom is -0.494 e. The van der Waals surface area contributed by atoms with Gasteiger partial charge in [-0.2, -0.15) is 0 Å². The molecule has 3 heteroatoms. The molecule has 0 fully saturated rings. The fraction of sp³-hybridized carbons (Fsp3) is 0.400. The number of nitrogens with one attached hydrogen (secondary N) is 1. The minimum absolute atomic E-state index is 0.256. The first-order valence-electron chi connectivity index (χ1n) is 4.37. The van der Waals surface area contributed by atoms with Crippen LogP contribution in [0.5, 0.6) is 0 Å². The van der Waals surface area contributed by atoms with Gasteiger partial charge in [-0.3, -0.25) is 0 Å². The number of aliphatic hydroxyl groups excluding tert-OH is 1. The number of aliphatic hydroxyl groups is 1. The fourth-order valence-corrected chi connectivity index (χ4v) is 1.03. The number of hydrogen-bond donors (Lipinski definition) is 2. The lowest BCUT2D eigenvalue weighted by molar-refractivity contribution is 0.339. The zero-order valence-corrected chi connectivity index (χ0v) is 8.12. The predicted octanol–water partition coefficient (Wildman–Crippen LogP) is 1.03. The summed E-state index contributed by atoms with van der Waals surface area (Å²) in [7, 11) is 4.00. The van der Waals surface area contributed by atoms with E-state index in [9.17, 15) is 5.11 Å². The first kappa shape index (κ1) is 9.86. The smallest absolute Gasteiger partial charge is 0.191 e. The lowest BCUT2D eigenvalue weighted by Crippen LogP contribution is -2.26. The van der Waals surface area contributed by atoms with E-state index in [4.69, 9.17) is 0 Å². The summed E-state index contributed by atoms with van der Waals surface area (Å²) in [6.45, 7) is 1.66. The first-order chi connectivity index (χ1) is 6.20. The van der Waals surface area contributed by atoms with Crippen LogP contribution in [0, 0.1) is 0 Å². The molecule has 1 aliphatic carbocycles. The highest BCUT2D eigenvalue weighted by Gasteiger charge is 2.00. The Morgan fingerprint density at radius 2 is 2.00 bits per heavy atom. The van der Waals surface area contributed by atoms with Crippen LogP contribution < -0.4 is 5.32 Å². The maximum Gasteiger partial charge on any atom is 0.191 e. The molecule has 0 aromatic rings. The standard InChI is InChI=1S/C10H16N2O/c1-12(2)8-7-11-10(13)9-5-3-4-6-9/h3-6,11,13H,7-8H2,1-2H3. The zero-order valence-electron chi connectivity index (χ0n) is 8.12. The number of rotatable bonds is 4. The molecular formula is C10H16N2O. The van der Waals surface area contributed by atoms with Crippen molar-refractivity contribution in [3.8, 4) is 0 Å². The topological polar surface area (TPSA) is 35.5 Å². The van der Waals surface area contributed by atoms with E-state index >= 15 is 0 Å². The summed E-state index contributed by atoms with van der Waals surface area (Å²) in [5.74, 6) is 0.256. The van der Waals surface area contributed by atoms with Gasteiger partial charge in [0.25, 0.3) is 0 Å². The van der Waals surface area contributed by atoms with Crippen molar-refractivity contribution in [2.24, 2.45) is 0 Å². The van der Waals surface area contributed by atoms with Crippen LogP contribution in [-0.4, -0.2) is 37.2 Å². The van der Waals surface area contributed by atoms with Crippen LogP contribution in [-0.2, 0) is 0 Å². The van der Waals surface area contributed by atoms with Gasteiger partial charge in [-0.15, -0.1) is 0 Å². The van der Waals surface area contributed by atoms with E-state index < -0.39 is 0 Å². The van der Waals surface area contributed by atoms with E-state index in [-0.39, 0.29) is 5.88 Å². The molecule has 0 spiro atoms. The molecule has 1 aliphatic rings. The van der Waals surface area contributed by atoms with Crippen molar-refractivity contribution in [2.75, 3.05) is 27.2 Å². The highest BCUT2D eigenvalue weighted by atomic mass is 16.3. The molecule has 1 rings (SSSR count). The monoisotopic (exact) mass is 180 g/mol. The Hall–Kier alpha value is -1.22. The quantitative estimate of drug-likeness (QED) is 0.634. The van der Waals surface area contributed by atoms with Gasteiger partial charge < -0.3 is 15.3 Å². The lowest BCUT2D eigenvalue weighted by atomic mass is 10.3. The molecule has 0 saturated heterocycles. The maximum absolute atomic E-state index is 9.51. The third-order valence-corrected chi connectivity index (χ3v) is 1.79. The second-order valence-electron chi connectivity index (χ2n) is 3.25. The summed E-state index contributed by atoms with van der Waals surface area (Å²) in [5.41, 5.74) is 0.846. The zero-order chi connectivity index (χ0) is 9.68. The Kier molecular flexibility index (Phi) is 3.58. The molecular weight excluding hydrogens is 164 g/mol. The summed E-state index contributed by atoms with van der Waals surface area (Å²) in [6, 6.07) is 0. The SMILES string of the molecule is CN(C)CCNC(O)=C1C=CC=C1. The average Bonchev–Trinajstić information content (AvgIpc) is 2.55. The van der Waals surface area contributed by atoms with Crippen LogP contribution in [0.25, 0.3) is 0 Å². The molecule has 0 heterocycles. The second-order valence-corrected chi connectivity index (χ2v) is 3.25. The van der Waals surface area contributed by atoms with E-state index in [1.54, 1.807) is 0 Å². The van der Waals surface area contributed by atoms with Gasteiger partial charge in [0.15, 0.2) is 5.88 Å². The summed E-state index contributed by atoms with van der Waals surface area (Å²) < 4.78 is 0. The molecule has 72 valence electrons. The minimum atomic E-state index is 0.256. The van der Waals surface area contributed by atoms with Gasteiger partial charge in [0, 0.05) is 18.7 Å². The Morgan fingerprint density at radius 3 is 2.54 bits per heavy atom. The molecule has 0 atom stereocenters. The van der Waals surface area contributed by atoms with Gasteiger partial charge in [-0.25, -0.2) is 0 Å². The molecule has 0 aliphatic heterocycles. The maximum atomic E-state index is 9.51. The van der Waals surface area contributed by atoms with Gasteiger partial charge in [0.05, 0.1) is 0 Å². The van der Waals surface area contributed by atoms with Gasteiger partial charge >= 0.3 is 0 Å². The Labute approximate surface area is 79.1 Å². The van der Waals surface area contributed by atoms with Crippen molar-refractivity contribution < 1.29 is 5.11 Å². The number of hydrogen-bond acceptors (Lipinski definition) is 3. The van der Waals surface area contributed by atoms with Crippen molar-refractivity contribution in [1.29, 1.82) is 0 Å². The van der Waals surface area contributed by atoms with Crippen molar-refractivity contribution in [2.45, 2.75) is 0 Å². The van der Waals surface area contributed by atoms with Crippen molar-refractivity contribution in [3.05, 3.63) is 35.8 Å². The number of likely N-dealkylation sites (N-methyl/N-ethyl adjacent to an activating group) is 1. The van der Waals surface area contributed by atoms with Crippen LogP contribution in [0.4, 0.5) is 0 Å². The molecule has 0 unspecified atom stereocenters. The summed E-state index contributed by atoms with van der Waals surface area (Å²) in [5, 5.41) is 12.5. The molecule has 0 aromatic carbocycles. The molecule has 3 nitrogen and oxygen atoms in total. The summed E-state index contributed by atoms with van der Waals surface area (Å²) in [6.07, 6.45) is 7.55. The normalized spacial score (nSPS) is 14.2. The molecule has 0 amide bonds. The number of nitrogens with zero attached hydrogens (tertiary/aromatic N) is 1. The van der Waals surface area contributed by atoms with Crippen LogP contribution in [0.3, 0.4) is 0 Å². The fourth-order valence-electron chi connectivity index (χ4n) is 1.03. The third kappa shape index (κ3) is 3.34. The van der Waals surface area contributed by atoms with Gasteiger partial charge in [-0.1, -0.05) is 12.2 Å². The molecule has 0 radical (unpaired) electrons. The predicted molar refractivity (Wildman–Crippen MR) is 54.5 cm³/mol. The summed E-state index contributed by atoms with van der Waals surface area (Å²) >= 11 is 0. The molecule has 0 saturated carbocycles. The average molecular weight is 180 g/mol. The molecule has 13 heavy (non-hydrogen) atoms. The first-order valence-corrected chi connectivity index (χ1v) is 4.37. The van der Waals surface area contributed by atoms with E-state index in [1.807, 2.05) is 38.4 Å². The Morgan fingerprint density at radius 1 is 1.38 bits per heavy atom. The highest BCUT2D eigenvalue weighted by molar-refractivity contribution is 5.41. The van der Waals surface area contributed by atoms with E-state index in [1.165, 1.54) is 0 Å². The highest BCUT2D eigenvalue weighted by Crippen LogP contribution is 2.08. The van der Waals surface area contributed by atoms with E-state index in [2.05, 4.69) is 10.2 Å². The van der Waals surface area contributed by atoms with Crippen molar-refractivity contribution >= 4 is 0 Å². The third-order valence-electron chi connectivity index (χ3n) is 1.79. The van der Waals surface area contributed by atoms with E-state index in [0.29, 0.717) is 0 Å². The van der Waals surface area contributed by atoms with Crippen molar-refractivity contribution in [3.63, 3.8) is 0 Å². The molecule has 2 N–H and O–H groups in total.